The van der Waals surface area contributed by atoms with E-state index in [2.05, 4.69) is 31.2 Å². The number of rotatable bonds is 8. The minimum Gasteiger partial charge on any atom is -0.385 e. The molecule has 0 saturated heterocycles. The van der Waals surface area contributed by atoms with E-state index in [0.717, 1.165) is 31.6 Å². The Morgan fingerprint density at radius 2 is 2.12 bits per heavy atom. The lowest BCUT2D eigenvalue weighted by atomic mass is 10.1. The third-order valence-electron chi connectivity index (χ3n) is 2.73. The van der Waals surface area contributed by atoms with Gasteiger partial charge in [-0.05, 0) is 30.9 Å². The monoisotopic (exact) mass is 253 g/mol. The zero-order valence-corrected chi connectivity index (χ0v) is 11.6. The predicted molar refractivity (Wildman–Crippen MR) is 75.6 cm³/mol. The molecule has 0 radical (unpaired) electrons. The highest BCUT2D eigenvalue weighted by molar-refractivity contribution is 7.99. The molecule has 0 aromatic heterocycles. The van der Waals surface area contributed by atoms with Gasteiger partial charge < -0.3 is 10.5 Å². The molecule has 0 aliphatic carbocycles. The van der Waals surface area contributed by atoms with Crippen LogP contribution in [-0.4, -0.2) is 25.5 Å². The van der Waals surface area contributed by atoms with Crippen molar-refractivity contribution in [1.82, 2.24) is 0 Å². The summed E-state index contributed by atoms with van der Waals surface area (Å²) in [4.78, 5) is 1.37. The van der Waals surface area contributed by atoms with E-state index in [9.17, 15) is 0 Å². The van der Waals surface area contributed by atoms with E-state index < -0.39 is 0 Å². The quantitative estimate of drug-likeness (QED) is 0.571. The highest BCUT2D eigenvalue weighted by Crippen LogP contribution is 2.24. The van der Waals surface area contributed by atoms with Gasteiger partial charge >= 0.3 is 0 Å². The third-order valence-corrected chi connectivity index (χ3v) is 3.93. The molecule has 1 rings (SSSR count). The maximum Gasteiger partial charge on any atom is 0.0470 e. The van der Waals surface area contributed by atoms with Crippen molar-refractivity contribution in [2.24, 2.45) is 5.73 Å². The van der Waals surface area contributed by atoms with Crippen LogP contribution in [0.2, 0.25) is 0 Å². The van der Waals surface area contributed by atoms with E-state index in [1.54, 1.807) is 7.11 Å². The molecule has 17 heavy (non-hydrogen) atoms. The van der Waals surface area contributed by atoms with E-state index in [4.69, 9.17) is 10.5 Å². The average Bonchev–Trinajstić information content (AvgIpc) is 2.36. The zero-order valence-electron chi connectivity index (χ0n) is 10.8. The van der Waals surface area contributed by atoms with Gasteiger partial charge in [-0.3, -0.25) is 0 Å². The Balaban J connectivity index is 2.51. The molecule has 1 unspecified atom stereocenters. The smallest absolute Gasteiger partial charge is 0.0470 e. The molecule has 2 N–H and O–H groups in total. The van der Waals surface area contributed by atoms with Gasteiger partial charge in [0, 0.05) is 30.4 Å². The molecule has 2 nitrogen and oxygen atoms in total. The van der Waals surface area contributed by atoms with Crippen LogP contribution in [0.4, 0.5) is 0 Å². The van der Waals surface area contributed by atoms with Crippen LogP contribution in [0.5, 0.6) is 0 Å². The van der Waals surface area contributed by atoms with E-state index in [-0.39, 0.29) is 6.04 Å². The zero-order chi connectivity index (χ0) is 12.5. The molecule has 0 saturated carbocycles. The first-order chi connectivity index (χ1) is 8.27. The van der Waals surface area contributed by atoms with Crippen LogP contribution < -0.4 is 5.73 Å². The van der Waals surface area contributed by atoms with Crippen LogP contribution in [0.25, 0.3) is 0 Å². The first-order valence-corrected chi connectivity index (χ1v) is 7.21. The van der Waals surface area contributed by atoms with E-state index in [1.807, 2.05) is 11.8 Å². The molecule has 0 heterocycles. The predicted octanol–water partition coefficient (Wildman–Crippen LogP) is 3.10. The minimum atomic E-state index is 0.274. The minimum absolute atomic E-state index is 0.274. The normalized spacial score (nSPS) is 12.6. The van der Waals surface area contributed by atoms with Crippen LogP contribution in [0.1, 0.15) is 25.3 Å². The summed E-state index contributed by atoms with van der Waals surface area (Å²) in [6, 6.07) is 8.84. The summed E-state index contributed by atoms with van der Waals surface area (Å²) in [6.45, 7) is 2.97. The molecular formula is C14H23NOS. The number of methoxy groups -OCH3 is 1. The van der Waals surface area contributed by atoms with Crippen LogP contribution in [0.3, 0.4) is 0 Å². The van der Waals surface area contributed by atoms with Gasteiger partial charge in [-0.25, -0.2) is 0 Å². The van der Waals surface area contributed by atoms with Gasteiger partial charge in [0.25, 0.3) is 0 Å². The van der Waals surface area contributed by atoms with Gasteiger partial charge in [0.05, 0.1) is 0 Å². The Morgan fingerprint density at radius 1 is 1.35 bits per heavy atom. The molecule has 0 aliphatic heterocycles. The Bertz CT molecular complexity index is 317. The number of nitrogens with two attached hydrogens (primary N) is 1. The second-order valence-corrected chi connectivity index (χ2v) is 5.31. The molecule has 0 bridgehead atoms. The maximum absolute atomic E-state index is 6.02. The molecule has 3 heteroatoms. The van der Waals surface area contributed by atoms with Crippen LogP contribution in [-0.2, 0) is 11.2 Å². The summed E-state index contributed by atoms with van der Waals surface area (Å²) in [5, 5.41) is 0. The highest BCUT2D eigenvalue weighted by Gasteiger charge is 2.06. The van der Waals surface area contributed by atoms with Crippen molar-refractivity contribution in [3.63, 3.8) is 0 Å². The number of benzene rings is 1. The van der Waals surface area contributed by atoms with E-state index >= 15 is 0 Å². The molecule has 96 valence electrons. The molecule has 0 aliphatic rings. The van der Waals surface area contributed by atoms with Gasteiger partial charge in [-0.1, -0.05) is 25.1 Å². The number of hydrogen-bond donors (Lipinski definition) is 1. The first kappa shape index (κ1) is 14.6. The fraction of sp³-hybridized carbons (Fsp3) is 0.571. The fourth-order valence-corrected chi connectivity index (χ4v) is 2.62. The SMILES string of the molecule is CCC(N)Cc1ccccc1SCCCOC. The molecule has 1 aromatic rings. The Hall–Kier alpha value is -0.510. The van der Waals surface area contributed by atoms with Crippen molar-refractivity contribution >= 4 is 11.8 Å². The lowest BCUT2D eigenvalue weighted by Crippen LogP contribution is -2.21. The second-order valence-electron chi connectivity index (χ2n) is 4.17. The van der Waals surface area contributed by atoms with Crippen molar-refractivity contribution in [3.05, 3.63) is 29.8 Å². The molecule has 1 aromatic carbocycles. The van der Waals surface area contributed by atoms with E-state index in [0.29, 0.717) is 0 Å². The van der Waals surface area contributed by atoms with Gasteiger partial charge in [0.1, 0.15) is 0 Å². The fourth-order valence-electron chi connectivity index (χ4n) is 1.63. The van der Waals surface area contributed by atoms with Gasteiger partial charge in [-0.15, -0.1) is 11.8 Å². The van der Waals surface area contributed by atoms with Crippen molar-refractivity contribution in [3.8, 4) is 0 Å². The Morgan fingerprint density at radius 3 is 2.82 bits per heavy atom. The average molecular weight is 253 g/mol. The van der Waals surface area contributed by atoms with Crippen LogP contribution in [0.15, 0.2) is 29.2 Å². The number of thioether (sulfide) groups is 1. The van der Waals surface area contributed by atoms with Crippen molar-refractivity contribution in [2.45, 2.75) is 37.1 Å². The Kier molecular flexibility index (Phi) is 7.33. The number of ether oxygens (including phenoxy) is 1. The van der Waals surface area contributed by atoms with Crippen LogP contribution >= 0.6 is 11.8 Å². The molecule has 0 spiro atoms. The number of hydrogen-bond acceptors (Lipinski definition) is 3. The standard InChI is InChI=1S/C14H23NOS/c1-3-13(15)11-12-7-4-5-8-14(12)17-10-6-9-16-2/h4-5,7-8,13H,3,6,9-11,15H2,1-2H3. The molecule has 1 atom stereocenters. The summed E-state index contributed by atoms with van der Waals surface area (Å²) < 4.78 is 5.06. The lowest BCUT2D eigenvalue weighted by Gasteiger charge is -2.12. The molecular weight excluding hydrogens is 230 g/mol. The van der Waals surface area contributed by atoms with E-state index in [1.165, 1.54) is 10.5 Å². The van der Waals surface area contributed by atoms with Crippen molar-refractivity contribution in [2.75, 3.05) is 19.5 Å². The summed E-state index contributed by atoms with van der Waals surface area (Å²) in [5.41, 5.74) is 7.40. The maximum atomic E-state index is 6.02. The van der Waals surface area contributed by atoms with Gasteiger partial charge in [-0.2, -0.15) is 0 Å². The lowest BCUT2D eigenvalue weighted by molar-refractivity contribution is 0.200. The summed E-state index contributed by atoms with van der Waals surface area (Å²) >= 11 is 1.90. The summed E-state index contributed by atoms with van der Waals surface area (Å²) in [6.07, 6.45) is 3.10. The third kappa shape index (κ3) is 5.57. The van der Waals surface area contributed by atoms with Gasteiger partial charge in [0.2, 0.25) is 0 Å². The van der Waals surface area contributed by atoms with Crippen molar-refractivity contribution < 1.29 is 4.74 Å². The van der Waals surface area contributed by atoms with Gasteiger partial charge in [0.15, 0.2) is 0 Å². The summed E-state index contributed by atoms with van der Waals surface area (Å²) in [7, 11) is 1.75. The molecule has 0 amide bonds. The second kappa shape index (κ2) is 8.56. The molecule has 0 fully saturated rings. The van der Waals surface area contributed by atoms with Crippen molar-refractivity contribution in [1.29, 1.82) is 0 Å². The topological polar surface area (TPSA) is 35.2 Å². The van der Waals surface area contributed by atoms with Crippen LogP contribution in [0, 0.1) is 0 Å². The highest BCUT2D eigenvalue weighted by atomic mass is 32.2. The summed E-state index contributed by atoms with van der Waals surface area (Å²) in [5.74, 6) is 1.10. The largest absolute Gasteiger partial charge is 0.385 e. The Labute approximate surface area is 109 Å². The first-order valence-electron chi connectivity index (χ1n) is 6.23.